The van der Waals surface area contributed by atoms with Gasteiger partial charge >= 0.3 is 0 Å². The van der Waals surface area contributed by atoms with Crippen LogP contribution in [0.25, 0.3) is 11.1 Å². The number of halogens is 1. The first-order chi connectivity index (χ1) is 25.7. The number of hydrogen-bond donors (Lipinski definition) is 8. The van der Waals surface area contributed by atoms with E-state index >= 15 is 0 Å². The molecule has 0 radical (unpaired) electrons. The first-order valence-electron chi connectivity index (χ1n) is 17.0. The first-order valence-corrected chi connectivity index (χ1v) is 17.4. The molecule has 10 N–H and O–H groups in total. The van der Waals surface area contributed by atoms with Gasteiger partial charge in [-0.3, -0.25) is 28.8 Å². The van der Waals surface area contributed by atoms with Crippen LogP contribution < -0.4 is 38.1 Å². The normalized spacial score (nSPS) is 14.2. The molecule has 2 aromatic carbocycles. The number of nitrogens with one attached hydrogen (secondary N) is 5. The Morgan fingerprint density at radius 2 is 1.39 bits per heavy atom. The number of oxazole rings is 1. The second kappa shape index (κ2) is 20.5. The zero-order valence-corrected chi connectivity index (χ0v) is 30.7. The van der Waals surface area contributed by atoms with Crippen molar-refractivity contribution in [2.24, 2.45) is 11.5 Å². The van der Waals surface area contributed by atoms with Crippen molar-refractivity contribution >= 4 is 46.9 Å². The summed E-state index contributed by atoms with van der Waals surface area (Å²) in [7, 11) is 0. The Labute approximate surface area is 316 Å². The molecule has 288 valence electrons. The van der Waals surface area contributed by atoms with Crippen molar-refractivity contribution in [2.45, 2.75) is 76.3 Å². The van der Waals surface area contributed by atoms with Crippen molar-refractivity contribution in [1.82, 2.24) is 31.6 Å². The molecule has 0 spiro atoms. The SMILES string of the molecule is C[C@H](NC(=O)[C@@H](NC(=O)[C@H](CN)NC(=O)c1ccc(-c2ccc(Cl)cc2)cc1)[C@@H](C)O)C(=O)N[C@@H](CCCCN)C(=O)N[C@@H](C)C(=O)c1nc(C#N)co1. The molecule has 3 aromatic rings. The number of aromatic nitrogens is 1. The maximum absolute atomic E-state index is 13.2. The fraction of sp³-hybridized carbons (Fsp3) is 0.389. The van der Waals surface area contributed by atoms with Crippen molar-refractivity contribution in [2.75, 3.05) is 13.1 Å². The van der Waals surface area contributed by atoms with Crippen molar-refractivity contribution in [1.29, 1.82) is 5.26 Å². The minimum atomic E-state index is -1.57. The lowest BCUT2D eigenvalue weighted by molar-refractivity contribution is -0.135. The van der Waals surface area contributed by atoms with Crippen LogP contribution in [0, 0.1) is 11.3 Å². The van der Waals surface area contributed by atoms with E-state index in [1.165, 1.54) is 20.8 Å². The van der Waals surface area contributed by atoms with Gasteiger partial charge in [0.2, 0.25) is 29.4 Å². The highest BCUT2D eigenvalue weighted by molar-refractivity contribution is 6.30. The third-order valence-electron chi connectivity index (χ3n) is 8.16. The van der Waals surface area contributed by atoms with Gasteiger partial charge in [-0.2, -0.15) is 10.2 Å². The minimum Gasteiger partial charge on any atom is -0.441 e. The smallest absolute Gasteiger partial charge is 0.266 e. The number of rotatable bonds is 19. The molecule has 0 saturated carbocycles. The van der Waals surface area contributed by atoms with E-state index in [1.54, 1.807) is 42.5 Å². The van der Waals surface area contributed by atoms with E-state index in [-0.39, 0.29) is 30.1 Å². The van der Waals surface area contributed by atoms with E-state index in [1.807, 2.05) is 12.1 Å². The number of nitrogens with two attached hydrogens (primary N) is 2. The molecule has 17 nitrogen and oxygen atoms in total. The molecule has 0 aliphatic heterocycles. The zero-order valence-electron chi connectivity index (χ0n) is 29.9. The van der Waals surface area contributed by atoms with Crippen LogP contribution in [0.15, 0.2) is 59.2 Å². The average Bonchev–Trinajstić information content (AvgIpc) is 3.64. The lowest BCUT2D eigenvalue weighted by Crippen LogP contribution is -2.61. The van der Waals surface area contributed by atoms with Crippen LogP contribution in [0.5, 0.6) is 0 Å². The number of amides is 5. The predicted octanol–water partition coefficient (Wildman–Crippen LogP) is 0.295. The molecule has 0 saturated heterocycles. The molecule has 18 heteroatoms. The Morgan fingerprint density at radius 1 is 0.796 bits per heavy atom. The fourth-order valence-corrected chi connectivity index (χ4v) is 5.14. The maximum Gasteiger partial charge on any atom is 0.266 e. The highest BCUT2D eigenvalue weighted by atomic mass is 35.5. The van der Waals surface area contributed by atoms with Gasteiger partial charge in [0, 0.05) is 17.1 Å². The largest absolute Gasteiger partial charge is 0.441 e. The van der Waals surface area contributed by atoms with Crippen molar-refractivity contribution in [3.63, 3.8) is 0 Å². The molecular weight excluding hydrogens is 722 g/mol. The van der Waals surface area contributed by atoms with E-state index in [9.17, 15) is 33.9 Å². The third-order valence-corrected chi connectivity index (χ3v) is 8.41. The lowest BCUT2D eigenvalue weighted by Gasteiger charge is -2.26. The summed E-state index contributed by atoms with van der Waals surface area (Å²) in [6, 6.07) is 9.07. The van der Waals surface area contributed by atoms with Gasteiger partial charge in [-0.25, -0.2) is 0 Å². The van der Waals surface area contributed by atoms with E-state index in [0.717, 1.165) is 17.4 Å². The number of unbranched alkanes of at least 4 members (excludes halogenated alkanes) is 1. The van der Waals surface area contributed by atoms with Crippen LogP contribution in [0.4, 0.5) is 0 Å². The van der Waals surface area contributed by atoms with Gasteiger partial charge in [-0.05, 0) is 82.0 Å². The Bertz CT molecular complexity index is 1830. The summed E-state index contributed by atoms with van der Waals surface area (Å²) in [5.74, 6) is -4.99. The van der Waals surface area contributed by atoms with Crippen molar-refractivity contribution in [3.8, 4) is 17.2 Å². The molecule has 1 heterocycles. The van der Waals surface area contributed by atoms with Crippen LogP contribution in [-0.2, 0) is 19.2 Å². The van der Waals surface area contributed by atoms with Gasteiger partial charge in [0.15, 0.2) is 5.69 Å². The number of carbonyl (C=O) groups is 6. The molecule has 5 amide bonds. The topological polar surface area (TPSA) is 285 Å². The van der Waals surface area contributed by atoms with Gasteiger partial charge in [0.25, 0.3) is 11.8 Å². The monoisotopic (exact) mass is 765 g/mol. The molecule has 3 rings (SSSR count). The number of Topliss-reactive ketones (excluding diaryl/α,β-unsaturated/α-hetero) is 1. The quantitative estimate of drug-likeness (QED) is 0.0604. The van der Waals surface area contributed by atoms with Crippen molar-refractivity contribution in [3.05, 3.63) is 77.0 Å². The van der Waals surface area contributed by atoms with E-state index in [2.05, 4.69) is 31.6 Å². The summed E-state index contributed by atoms with van der Waals surface area (Å²) in [5.41, 5.74) is 13.2. The van der Waals surface area contributed by atoms with E-state index in [0.29, 0.717) is 24.4 Å². The Kier molecular flexibility index (Phi) is 16.3. The molecule has 54 heavy (non-hydrogen) atoms. The molecule has 0 bridgehead atoms. The number of aliphatic hydroxyl groups excluding tert-OH is 1. The second-order valence-corrected chi connectivity index (χ2v) is 12.8. The highest BCUT2D eigenvalue weighted by Crippen LogP contribution is 2.22. The number of hydrogen-bond acceptors (Lipinski definition) is 12. The predicted molar refractivity (Wildman–Crippen MR) is 196 cm³/mol. The Morgan fingerprint density at radius 3 is 1.94 bits per heavy atom. The molecule has 0 aliphatic carbocycles. The maximum atomic E-state index is 13.2. The minimum absolute atomic E-state index is 0.114. The van der Waals surface area contributed by atoms with Gasteiger partial charge in [0.1, 0.15) is 36.5 Å². The molecule has 6 atom stereocenters. The zero-order chi connectivity index (χ0) is 39.9. The van der Waals surface area contributed by atoms with Crippen LogP contribution in [0.1, 0.15) is 66.8 Å². The summed E-state index contributed by atoms with van der Waals surface area (Å²) in [6.45, 7) is 3.93. The molecule has 1 aromatic heterocycles. The van der Waals surface area contributed by atoms with E-state index < -0.39 is 71.6 Å². The lowest BCUT2D eigenvalue weighted by atomic mass is 10.0. The number of benzene rings is 2. The number of nitrogens with zero attached hydrogens (tertiary/aromatic N) is 2. The number of carbonyl (C=O) groups excluding carboxylic acids is 6. The first kappa shape index (κ1) is 42.7. The van der Waals surface area contributed by atoms with E-state index in [4.69, 9.17) is 32.7 Å². The Balaban J connectivity index is 1.60. The summed E-state index contributed by atoms with van der Waals surface area (Å²) in [5, 5.41) is 32.2. The van der Waals surface area contributed by atoms with Crippen LogP contribution >= 0.6 is 11.6 Å². The van der Waals surface area contributed by atoms with Crippen LogP contribution in [0.2, 0.25) is 5.02 Å². The summed E-state index contributed by atoms with van der Waals surface area (Å²) in [4.78, 5) is 82.1. The summed E-state index contributed by atoms with van der Waals surface area (Å²) >= 11 is 5.96. The second-order valence-electron chi connectivity index (χ2n) is 12.4. The van der Waals surface area contributed by atoms with Crippen LogP contribution in [-0.4, -0.2) is 94.8 Å². The number of aliphatic hydroxyl groups is 1. The molecule has 0 unspecified atom stereocenters. The fourth-order valence-electron chi connectivity index (χ4n) is 5.02. The number of ketones is 1. The third kappa shape index (κ3) is 12.2. The van der Waals surface area contributed by atoms with Gasteiger partial charge in [-0.1, -0.05) is 35.9 Å². The molecule has 0 fully saturated rings. The van der Waals surface area contributed by atoms with Crippen molar-refractivity contribution < 1.29 is 38.3 Å². The van der Waals surface area contributed by atoms with Gasteiger partial charge in [-0.15, -0.1) is 0 Å². The number of nitriles is 1. The summed E-state index contributed by atoms with van der Waals surface area (Å²) in [6.07, 6.45) is 0.663. The summed E-state index contributed by atoms with van der Waals surface area (Å²) < 4.78 is 5.00. The molecule has 0 aliphatic rings. The standard InChI is InChI=1S/C36H44ClN9O8/c1-19(30(48)36-43-26(16-39)18-54-36)41-33(51)27(6-4-5-15-38)44-31(49)20(2)42-35(53)29(21(3)47)46-34(52)28(17-40)45-32(50)24-9-7-22(8-10-24)23-11-13-25(37)14-12-23/h7-14,18-21,27-29,47H,4-6,15,17,38,40H2,1-3H3,(H,41,51)(H,42,53)(H,44,49)(H,45,50)(H,46,52)/t19-,20-,21+,27-,28-,29-/m0/s1. The molecular formula is C36H44ClN9O8. The average molecular weight is 766 g/mol. The van der Waals surface area contributed by atoms with Crippen LogP contribution in [0.3, 0.4) is 0 Å². The highest BCUT2D eigenvalue weighted by Gasteiger charge is 2.33. The van der Waals surface area contributed by atoms with Gasteiger partial charge < -0.3 is 47.6 Å². The van der Waals surface area contributed by atoms with Gasteiger partial charge in [0.05, 0.1) is 12.1 Å². The Hall–Kier alpha value is -5.67.